The third kappa shape index (κ3) is 9.99. The van der Waals surface area contributed by atoms with E-state index < -0.39 is 5.91 Å². The van der Waals surface area contributed by atoms with Crippen LogP contribution < -0.4 is 15.4 Å². The number of unbranched alkanes of at least 4 members (excludes halogenated alkanes) is 1. The molecule has 14 heteroatoms. The number of aromatic nitrogens is 4. The van der Waals surface area contributed by atoms with Gasteiger partial charge in [-0.1, -0.05) is 12.1 Å². The zero-order valence-electron chi connectivity index (χ0n) is 32.7. The first kappa shape index (κ1) is 39.2. The molecule has 0 saturated carbocycles. The smallest absolute Gasteiger partial charge is 0.240 e. The number of benzene rings is 3. The molecule has 5 aromatic rings. The van der Waals surface area contributed by atoms with Crippen molar-refractivity contribution in [3.8, 4) is 28.5 Å². The number of amides is 3. The van der Waals surface area contributed by atoms with E-state index in [1.165, 1.54) is 10.6 Å². The highest BCUT2D eigenvalue weighted by atomic mass is 16.5. The van der Waals surface area contributed by atoms with Crippen LogP contribution in [0.5, 0.6) is 5.75 Å². The SMILES string of the molecule is C[C@@H](C(=O)N(CCCCN(C)C(=O)CCCOc1cccc(-c2nc3ccc(-c4nc5ccc(N6CCN(C)CC6)cc5[nH]4)cc3[nH]2)c1)CC(N)=O)N(C)C. The van der Waals surface area contributed by atoms with Crippen molar-refractivity contribution in [2.24, 2.45) is 5.73 Å². The molecule has 292 valence electrons. The average Bonchev–Trinajstić information content (AvgIpc) is 3.81. The zero-order chi connectivity index (χ0) is 39.1. The van der Waals surface area contributed by atoms with Gasteiger partial charge in [0, 0.05) is 69.6 Å². The molecule has 1 fully saturated rings. The van der Waals surface area contributed by atoms with Gasteiger partial charge in [-0.3, -0.25) is 19.3 Å². The maximum atomic E-state index is 12.8. The van der Waals surface area contributed by atoms with E-state index in [0.717, 1.165) is 71.0 Å². The average molecular weight is 751 g/mol. The number of primary amides is 1. The molecule has 0 unspecified atom stereocenters. The molecule has 3 heterocycles. The summed E-state index contributed by atoms with van der Waals surface area (Å²) in [4.78, 5) is 63.6. The van der Waals surface area contributed by atoms with Crippen molar-refractivity contribution in [1.29, 1.82) is 0 Å². The van der Waals surface area contributed by atoms with Gasteiger partial charge in [-0.2, -0.15) is 0 Å². The monoisotopic (exact) mass is 750 g/mol. The van der Waals surface area contributed by atoms with Crippen molar-refractivity contribution in [2.75, 3.05) is 85.5 Å². The summed E-state index contributed by atoms with van der Waals surface area (Å²) in [6, 6.07) is 20.0. The lowest BCUT2D eigenvalue weighted by molar-refractivity contribution is -0.138. The first-order valence-electron chi connectivity index (χ1n) is 19.1. The molecule has 1 aliphatic rings. The molecule has 3 aromatic carbocycles. The predicted molar refractivity (Wildman–Crippen MR) is 217 cm³/mol. The number of H-pyrrole nitrogens is 2. The lowest BCUT2D eigenvalue weighted by Gasteiger charge is -2.34. The van der Waals surface area contributed by atoms with Crippen LogP contribution in [0.15, 0.2) is 60.7 Å². The number of hydrogen-bond acceptors (Lipinski definition) is 9. The molecule has 4 N–H and O–H groups in total. The number of likely N-dealkylation sites (N-methyl/N-ethyl adjacent to an activating group) is 2. The highest BCUT2D eigenvalue weighted by Crippen LogP contribution is 2.29. The topological polar surface area (TPSA) is 160 Å². The van der Waals surface area contributed by atoms with Crippen LogP contribution in [0.1, 0.15) is 32.6 Å². The van der Waals surface area contributed by atoms with Gasteiger partial charge in [-0.15, -0.1) is 0 Å². The molecule has 1 atom stereocenters. The fourth-order valence-electron chi connectivity index (χ4n) is 6.74. The molecular weight excluding hydrogens is 697 g/mol. The van der Waals surface area contributed by atoms with Gasteiger partial charge in [0.05, 0.1) is 41.3 Å². The van der Waals surface area contributed by atoms with Crippen LogP contribution in [-0.2, 0) is 14.4 Å². The molecule has 2 aromatic heterocycles. The Kier molecular flexibility index (Phi) is 12.7. The number of carbonyl (C=O) groups excluding carboxylic acids is 3. The van der Waals surface area contributed by atoms with Gasteiger partial charge in [0.15, 0.2) is 0 Å². The van der Waals surface area contributed by atoms with Crippen molar-refractivity contribution < 1.29 is 19.1 Å². The van der Waals surface area contributed by atoms with E-state index in [4.69, 9.17) is 20.4 Å². The highest BCUT2D eigenvalue weighted by molar-refractivity contribution is 5.88. The molecule has 0 spiro atoms. The summed E-state index contributed by atoms with van der Waals surface area (Å²) in [5.41, 5.74) is 12.2. The van der Waals surface area contributed by atoms with Crippen LogP contribution in [0, 0.1) is 0 Å². The first-order chi connectivity index (χ1) is 26.4. The van der Waals surface area contributed by atoms with Crippen molar-refractivity contribution in [3.63, 3.8) is 0 Å². The van der Waals surface area contributed by atoms with E-state index in [1.54, 1.807) is 23.8 Å². The quantitative estimate of drug-likeness (QED) is 0.119. The minimum absolute atomic E-state index is 0.0309. The summed E-state index contributed by atoms with van der Waals surface area (Å²) < 4.78 is 6.04. The van der Waals surface area contributed by atoms with E-state index in [9.17, 15) is 14.4 Å². The summed E-state index contributed by atoms with van der Waals surface area (Å²) in [5.74, 6) is 1.61. The van der Waals surface area contributed by atoms with Gasteiger partial charge in [0.25, 0.3) is 0 Å². The van der Waals surface area contributed by atoms with Gasteiger partial charge >= 0.3 is 0 Å². The second kappa shape index (κ2) is 17.8. The van der Waals surface area contributed by atoms with Crippen molar-refractivity contribution >= 4 is 45.5 Å². The largest absolute Gasteiger partial charge is 0.494 e. The summed E-state index contributed by atoms with van der Waals surface area (Å²) >= 11 is 0. The van der Waals surface area contributed by atoms with Crippen LogP contribution in [0.4, 0.5) is 5.69 Å². The predicted octanol–water partition coefficient (Wildman–Crippen LogP) is 4.19. The van der Waals surface area contributed by atoms with Crippen LogP contribution in [0.2, 0.25) is 0 Å². The van der Waals surface area contributed by atoms with E-state index in [1.807, 2.05) is 50.5 Å². The normalized spacial score (nSPS) is 14.1. The third-order valence-corrected chi connectivity index (χ3v) is 10.4. The van der Waals surface area contributed by atoms with Gasteiger partial charge in [0.2, 0.25) is 17.7 Å². The van der Waals surface area contributed by atoms with E-state index in [-0.39, 0.29) is 24.4 Å². The number of anilines is 1. The highest BCUT2D eigenvalue weighted by Gasteiger charge is 2.23. The third-order valence-electron chi connectivity index (χ3n) is 10.4. The number of carbonyl (C=O) groups is 3. The minimum atomic E-state index is -0.542. The Balaban J connectivity index is 0.979. The summed E-state index contributed by atoms with van der Waals surface area (Å²) in [6.45, 7) is 7.20. The van der Waals surface area contributed by atoms with Crippen molar-refractivity contribution in [3.05, 3.63) is 60.7 Å². The Morgan fingerprint density at radius 3 is 2.18 bits per heavy atom. The molecule has 6 rings (SSSR count). The maximum absolute atomic E-state index is 12.8. The number of aromatic amines is 2. The molecule has 1 saturated heterocycles. The number of hydrogen-bond donors (Lipinski definition) is 3. The minimum Gasteiger partial charge on any atom is -0.494 e. The van der Waals surface area contributed by atoms with E-state index in [0.29, 0.717) is 51.1 Å². The molecule has 0 aliphatic carbocycles. The van der Waals surface area contributed by atoms with Gasteiger partial charge in [0.1, 0.15) is 17.4 Å². The summed E-state index contributed by atoms with van der Waals surface area (Å²) in [5, 5.41) is 0. The van der Waals surface area contributed by atoms with E-state index in [2.05, 4.69) is 51.1 Å². The van der Waals surface area contributed by atoms with Crippen LogP contribution in [0.3, 0.4) is 0 Å². The molecule has 3 amide bonds. The molecule has 0 bridgehead atoms. The Morgan fingerprint density at radius 1 is 0.836 bits per heavy atom. The number of nitrogens with two attached hydrogens (primary N) is 1. The zero-order valence-corrected chi connectivity index (χ0v) is 32.7. The number of ether oxygens (including phenoxy) is 1. The molecule has 1 aliphatic heterocycles. The number of imidazole rings is 2. The van der Waals surface area contributed by atoms with Gasteiger partial charge in [-0.05, 0) is 95.9 Å². The van der Waals surface area contributed by atoms with Crippen LogP contribution >= 0.6 is 0 Å². The fraction of sp³-hybridized carbons (Fsp3) is 0.439. The number of fused-ring (bicyclic) bond motifs is 2. The lowest BCUT2D eigenvalue weighted by Crippen LogP contribution is -2.47. The Bertz CT molecular complexity index is 2100. The standard InChI is InChI=1S/C41H54N10O4/c1-28(47(2)3)41(54)51(27-37(42)52)18-7-6-17-49(5)38(53)12-9-23-55-32-11-8-10-29(24-32)39-43-33-15-13-30(25-35(33)45-39)40-44-34-16-14-31(26-36(34)46-40)50-21-19-48(4)20-22-50/h8,10-11,13-16,24-26,28H,6-7,9,12,17-23,27H2,1-5H3,(H2,42,52)(H,43,45)(H,44,46)/t28-/m0/s1. The number of nitrogens with one attached hydrogen (secondary N) is 2. The first-order valence-corrected chi connectivity index (χ1v) is 19.1. The second-order valence-corrected chi connectivity index (χ2v) is 14.8. The molecule has 0 radical (unpaired) electrons. The summed E-state index contributed by atoms with van der Waals surface area (Å²) in [6.07, 6.45) is 2.29. The lowest BCUT2D eigenvalue weighted by atomic mass is 10.2. The summed E-state index contributed by atoms with van der Waals surface area (Å²) in [7, 11) is 7.59. The fourth-order valence-corrected chi connectivity index (χ4v) is 6.74. The van der Waals surface area contributed by atoms with Gasteiger partial charge in [-0.25, -0.2) is 9.97 Å². The van der Waals surface area contributed by atoms with Crippen molar-refractivity contribution in [1.82, 2.24) is 39.5 Å². The Hall–Kier alpha value is -5.47. The number of nitrogens with zero attached hydrogens (tertiary/aromatic N) is 7. The molecule has 55 heavy (non-hydrogen) atoms. The maximum Gasteiger partial charge on any atom is 0.240 e. The number of piperazine rings is 1. The van der Waals surface area contributed by atoms with Crippen molar-refractivity contribution in [2.45, 2.75) is 38.6 Å². The second-order valence-electron chi connectivity index (χ2n) is 14.8. The van der Waals surface area contributed by atoms with E-state index >= 15 is 0 Å². The van der Waals surface area contributed by atoms with Crippen LogP contribution in [0.25, 0.3) is 44.8 Å². The Labute approximate surface area is 322 Å². The molecule has 14 nitrogen and oxygen atoms in total. The van der Waals surface area contributed by atoms with Gasteiger partial charge < -0.3 is 40.0 Å². The Morgan fingerprint density at radius 2 is 1.49 bits per heavy atom. The molecular formula is C41H54N10O4. The number of rotatable bonds is 17. The van der Waals surface area contributed by atoms with Crippen LogP contribution in [-0.4, -0.2) is 144 Å².